The smallest absolute Gasteiger partial charge is 0.344 e. The van der Waals surface area contributed by atoms with Crippen LogP contribution in [0.3, 0.4) is 0 Å². The largest absolute Gasteiger partial charge is 0.508 e. The molecule has 0 radical (unpaired) electrons. The number of aromatic hydroxyl groups is 1. The molecule has 3 aromatic carbocycles. The van der Waals surface area contributed by atoms with Crippen LogP contribution in [-0.4, -0.2) is 39.2 Å². The number of phenolic OH excluding ortho intramolecular Hbond substituents is 1. The highest BCUT2D eigenvalue weighted by atomic mass is 35.5. The number of fused-ring (bicyclic) bond motifs is 2. The number of carboxylic acid groups (broad SMARTS) is 1. The minimum atomic E-state index is -1.23. The number of aromatic nitrogens is 1. The van der Waals surface area contributed by atoms with E-state index in [1.54, 1.807) is 54.7 Å². The summed E-state index contributed by atoms with van der Waals surface area (Å²) >= 11 is 5.93. The van der Waals surface area contributed by atoms with Gasteiger partial charge in [-0.1, -0.05) is 23.7 Å². The fourth-order valence-corrected chi connectivity index (χ4v) is 4.42. The lowest BCUT2D eigenvalue weighted by atomic mass is 10.0. The minimum Gasteiger partial charge on any atom is -0.508 e. The molecule has 2 aromatic heterocycles. The molecule has 0 spiro atoms. The Balaban J connectivity index is 1.29. The van der Waals surface area contributed by atoms with Gasteiger partial charge in [-0.3, -0.25) is 4.79 Å². The van der Waals surface area contributed by atoms with Crippen molar-refractivity contribution in [1.29, 1.82) is 0 Å². The van der Waals surface area contributed by atoms with E-state index in [9.17, 15) is 24.6 Å². The van der Waals surface area contributed by atoms with Gasteiger partial charge in [0.05, 0.1) is 5.56 Å². The van der Waals surface area contributed by atoms with Gasteiger partial charge >= 0.3 is 11.6 Å². The number of H-pyrrole nitrogens is 1. The molecule has 0 aliphatic heterocycles. The van der Waals surface area contributed by atoms with Crippen molar-refractivity contribution in [3.05, 3.63) is 93.9 Å². The second-order valence-corrected chi connectivity index (χ2v) is 9.50. The summed E-state index contributed by atoms with van der Waals surface area (Å²) in [5.74, 6) is -1.53. The van der Waals surface area contributed by atoms with Crippen LogP contribution >= 0.6 is 11.6 Å². The van der Waals surface area contributed by atoms with Gasteiger partial charge in [0.1, 0.15) is 23.1 Å². The Kier molecular flexibility index (Phi) is 7.00. The number of carbonyl (C=O) groups excluding carboxylic acids is 1. The minimum absolute atomic E-state index is 0.00562. The van der Waals surface area contributed by atoms with Crippen molar-refractivity contribution in [1.82, 2.24) is 10.3 Å². The number of ether oxygens (including phenoxy) is 1. The average Bonchev–Trinajstić information content (AvgIpc) is 3.29. The van der Waals surface area contributed by atoms with E-state index in [1.165, 1.54) is 25.1 Å². The molecule has 0 unspecified atom stereocenters. The lowest BCUT2D eigenvalue weighted by molar-refractivity contribution is -0.142. The number of halogens is 1. The van der Waals surface area contributed by atoms with Crippen molar-refractivity contribution in [3.63, 3.8) is 0 Å². The molecule has 0 aliphatic rings. The van der Waals surface area contributed by atoms with Gasteiger partial charge in [0, 0.05) is 40.0 Å². The van der Waals surface area contributed by atoms with E-state index in [4.69, 9.17) is 20.8 Å². The number of aliphatic carboxylic acids is 1. The zero-order chi connectivity index (χ0) is 27.7. The molecule has 0 saturated carbocycles. The van der Waals surface area contributed by atoms with Crippen LogP contribution in [0.25, 0.3) is 33.0 Å². The zero-order valence-electron chi connectivity index (χ0n) is 20.6. The van der Waals surface area contributed by atoms with E-state index in [0.29, 0.717) is 32.5 Å². The third-order valence-electron chi connectivity index (χ3n) is 6.33. The van der Waals surface area contributed by atoms with E-state index in [-0.39, 0.29) is 23.5 Å². The maximum atomic E-state index is 12.8. The van der Waals surface area contributed by atoms with Crippen molar-refractivity contribution in [2.45, 2.75) is 25.5 Å². The van der Waals surface area contributed by atoms with Crippen molar-refractivity contribution in [2.24, 2.45) is 0 Å². The quantitative estimate of drug-likeness (QED) is 0.203. The average molecular weight is 547 g/mol. The molecule has 0 aliphatic carbocycles. The first-order chi connectivity index (χ1) is 18.7. The number of nitrogens with one attached hydrogen (secondary N) is 2. The summed E-state index contributed by atoms with van der Waals surface area (Å²) in [6.45, 7) is 1.49. The maximum absolute atomic E-state index is 12.8. The highest BCUT2D eigenvalue weighted by Gasteiger charge is 2.25. The monoisotopic (exact) mass is 546 g/mol. The third kappa shape index (κ3) is 5.58. The number of carbonyl (C=O) groups is 2. The molecule has 9 nitrogen and oxygen atoms in total. The van der Waals surface area contributed by atoms with Crippen molar-refractivity contribution >= 4 is 45.3 Å². The number of hydrogen-bond acceptors (Lipinski definition) is 6. The van der Waals surface area contributed by atoms with Crippen molar-refractivity contribution < 1.29 is 29.0 Å². The Hall–Kier alpha value is -4.76. The van der Waals surface area contributed by atoms with Crippen LogP contribution < -0.4 is 15.7 Å². The van der Waals surface area contributed by atoms with Crippen LogP contribution in [0.15, 0.2) is 82.1 Å². The normalized spacial score (nSPS) is 12.8. The maximum Gasteiger partial charge on any atom is 0.344 e. The van der Waals surface area contributed by atoms with Crippen LogP contribution in [0.4, 0.5) is 0 Å². The standard InChI is InChI=1S/C29H23ClN2O7/c1-15(27(34)32-25(28(35)36)11-18-14-31-24-9-7-20(33)12-22(18)24)38-21-8-4-17-10-23(29(37)39-26(17)13-21)16-2-5-19(30)6-3-16/h2-10,12-15,25,31,33H,11H2,1H3,(H,32,34)(H,35,36)/t15-,25-/m0/s1. The van der Waals surface area contributed by atoms with Gasteiger partial charge in [-0.15, -0.1) is 0 Å². The molecule has 198 valence electrons. The topological polar surface area (TPSA) is 142 Å². The number of carboxylic acids is 1. The molecule has 1 amide bonds. The fourth-order valence-electron chi connectivity index (χ4n) is 4.30. The number of rotatable bonds is 8. The molecule has 4 N–H and O–H groups in total. The molecule has 0 bridgehead atoms. The molecule has 0 saturated heterocycles. The second-order valence-electron chi connectivity index (χ2n) is 9.06. The molecule has 5 rings (SSSR count). The number of hydrogen-bond donors (Lipinski definition) is 4. The van der Waals surface area contributed by atoms with Gasteiger partial charge in [0.25, 0.3) is 5.91 Å². The lowest BCUT2D eigenvalue weighted by Crippen LogP contribution is -2.47. The first kappa shape index (κ1) is 25.9. The van der Waals surface area contributed by atoms with Crippen LogP contribution in [0.5, 0.6) is 11.5 Å². The molecular formula is C29H23ClN2O7. The molecule has 39 heavy (non-hydrogen) atoms. The van der Waals surface area contributed by atoms with Crippen molar-refractivity contribution in [2.75, 3.05) is 0 Å². The van der Waals surface area contributed by atoms with E-state index in [2.05, 4.69) is 10.3 Å². The Bertz CT molecular complexity index is 1760. The fraction of sp³-hybridized carbons (Fsp3) is 0.138. The summed E-state index contributed by atoms with van der Waals surface area (Å²) in [7, 11) is 0. The Labute approximate surface area is 226 Å². The molecule has 5 aromatic rings. The third-order valence-corrected chi connectivity index (χ3v) is 6.59. The number of benzene rings is 3. The van der Waals surface area contributed by atoms with Crippen molar-refractivity contribution in [3.8, 4) is 22.6 Å². The van der Waals surface area contributed by atoms with Crippen LogP contribution in [0.2, 0.25) is 5.02 Å². The van der Waals surface area contributed by atoms with Crippen LogP contribution in [0.1, 0.15) is 12.5 Å². The first-order valence-electron chi connectivity index (χ1n) is 12.0. The summed E-state index contributed by atoms with van der Waals surface area (Å²) in [6.07, 6.45) is 0.596. The summed E-state index contributed by atoms with van der Waals surface area (Å²) in [4.78, 5) is 40.4. The van der Waals surface area contributed by atoms with Gasteiger partial charge in [-0.2, -0.15) is 0 Å². The van der Waals surface area contributed by atoms with E-state index >= 15 is 0 Å². The van der Waals surface area contributed by atoms with Gasteiger partial charge in [0.2, 0.25) is 0 Å². The Morgan fingerprint density at radius 2 is 1.85 bits per heavy atom. The van der Waals surface area contributed by atoms with Gasteiger partial charge in [-0.25, -0.2) is 9.59 Å². The predicted octanol–water partition coefficient (Wildman–Crippen LogP) is 4.88. The molecule has 2 atom stereocenters. The number of phenols is 1. The Morgan fingerprint density at radius 3 is 2.59 bits per heavy atom. The predicted molar refractivity (Wildman–Crippen MR) is 146 cm³/mol. The number of aromatic amines is 1. The molecule has 0 fully saturated rings. The highest BCUT2D eigenvalue weighted by Crippen LogP contribution is 2.26. The summed E-state index contributed by atoms with van der Waals surface area (Å²) < 4.78 is 11.2. The zero-order valence-corrected chi connectivity index (χ0v) is 21.4. The molecule has 10 heteroatoms. The van der Waals surface area contributed by atoms with E-state index < -0.39 is 29.6 Å². The van der Waals surface area contributed by atoms with E-state index in [1.807, 2.05) is 0 Å². The second kappa shape index (κ2) is 10.5. The van der Waals surface area contributed by atoms with Crippen LogP contribution in [0, 0.1) is 0 Å². The van der Waals surface area contributed by atoms with Crippen LogP contribution in [-0.2, 0) is 16.0 Å². The number of amides is 1. The first-order valence-corrected chi connectivity index (χ1v) is 12.4. The Morgan fingerprint density at radius 1 is 1.08 bits per heavy atom. The van der Waals surface area contributed by atoms with Gasteiger partial charge < -0.3 is 29.7 Å². The van der Waals surface area contributed by atoms with Gasteiger partial charge in [0.15, 0.2) is 6.10 Å². The lowest BCUT2D eigenvalue weighted by Gasteiger charge is -2.19. The SMILES string of the molecule is C[C@H](Oc1ccc2cc(-c3ccc(Cl)cc3)c(=O)oc2c1)C(=O)N[C@@H](Cc1c[nH]c2ccc(O)cc12)C(=O)O. The molecule has 2 heterocycles. The van der Waals surface area contributed by atoms with E-state index in [0.717, 1.165) is 5.52 Å². The summed E-state index contributed by atoms with van der Waals surface area (Å²) in [6, 6.07) is 16.9. The van der Waals surface area contributed by atoms with Gasteiger partial charge in [-0.05, 0) is 66.6 Å². The highest BCUT2D eigenvalue weighted by molar-refractivity contribution is 6.30. The summed E-state index contributed by atoms with van der Waals surface area (Å²) in [5.41, 5.74) is 2.14. The summed E-state index contributed by atoms with van der Waals surface area (Å²) in [5, 5.41) is 23.9. The molecular weight excluding hydrogens is 524 g/mol.